The van der Waals surface area contributed by atoms with E-state index in [-0.39, 0.29) is 11.7 Å². The topological polar surface area (TPSA) is 63.2 Å². The molecular formula is C22H22FN3O2. The predicted molar refractivity (Wildman–Crippen MR) is 107 cm³/mol. The molecule has 3 aromatic rings. The van der Waals surface area contributed by atoms with Crippen LogP contribution in [0.5, 0.6) is 5.75 Å². The Hall–Kier alpha value is -3.41. The zero-order valence-electron chi connectivity index (χ0n) is 15.6. The second kappa shape index (κ2) is 9.50. The van der Waals surface area contributed by atoms with Crippen LogP contribution in [0.4, 0.5) is 10.1 Å². The van der Waals surface area contributed by atoms with E-state index in [1.807, 2.05) is 30.3 Å². The molecule has 1 aromatic heterocycles. The van der Waals surface area contributed by atoms with Gasteiger partial charge in [-0.05, 0) is 53.9 Å². The van der Waals surface area contributed by atoms with Crippen LogP contribution in [-0.2, 0) is 13.0 Å². The summed E-state index contributed by atoms with van der Waals surface area (Å²) in [5, 5.41) is 6.06. The Bertz CT molecular complexity index is 895. The van der Waals surface area contributed by atoms with E-state index in [1.54, 1.807) is 31.5 Å². The van der Waals surface area contributed by atoms with Crippen molar-refractivity contribution < 1.29 is 13.9 Å². The third-order valence-corrected chi connectivity index (χ3v) is 4.26. The van der Waals surface area contributed by atoms with Gasteiger partial charge in [0.2, 0.25) is 0 Å². The first-order valence-electron chi connectivity index (χ1n) is 8.99. The summed E-state index contributed by atoms with van der Waals surface area (Å²) in [4.78, 5) is 16.4. The molecule has 2 N–H and O–H groups in total. The fraction of sp³-hybridized carbons (Fsp3) is 0.182. The Kier molecular flexibility index (Phi) is 6.57. The van der Waals surface area contributed by atoms with Gasteiger partial charge in [-0.2, -0.15) is 0 Å². The normalized spacial score (nSPS) is 10.4. The molecule has 1 amide bonds. The standard InChI is InChI=1S/C22H22FN3O2/c1-28-20-9-4-16(5-10-20)12-13-24-19-8-11-21(25-15-19)22(27)26-14-17-2-6-18(23)7-3-17/h2-11,15,24H,12-14H2,1H3,(H,26,27). The third-order valence-electron chi connectivity index (χ3n) is 4.26. The third kappa shape index (κ3) is 5.54. The highest BCUT2D eigenvalue weighted by Gasteiger charge is 2.07. The van der Waals surface area contributed by atoms with Crippen LogP contribution < -0.4 is 15.4 Å². The van der Waals surface area contributed by atoms with E-state index in [0.717, 1.165) is 30.0 Å². The maximum absolute atomic E-state index is 12.9. The van der Waals surface area contributed by atoms with Crippen LogP contribution in [0.3, 0.4) is 0 Å². The number of carbonyl (C=O) groups excluding carboxylic acids is 1. The SMILES string of the molecule is COc1ccc(CCNc2ccc(C(=O)NCc3ccc(F)cc3)nc2)cc1. The van der Waals surface area contributed by atoms with Crippen LogP contribution in [0.15, 0.2) is 66.9 Å². The van der Waals surface area contributed by atoms with E-state index in [2.05, 4.69) is 15.6 Å². The van der Waals surface area contributed by atoms with Gasteiger partial charge >= 0.3 is 0 Å². The highest BCUT2D eigenvalue weighted by atomic mass is 19.1. The summed E-state index contributed by atoms with van der Waals surface area (Å²) >= 11 is 0. The van der Waals surface area contributed by atoms with Crippen LogP contribution in [0, 0.1) is 5.82 Å². The molecular weight excluding hydrogens is 357 g/mol. The summed E-state index contributed by atoms with van der Waals surface area (Å²) < 4.78 is 18.0. The first kappa shape index (κ1) is 19.4. The van der Waals surface area contributed by atoms with Crippen LogP contribution in [0.1, 0.15) is 21.6 Å². The molecule has 144 valence electrons. The molecule has 0 aliphatic rings. The Morgan fingerprint density at radius 3 is 2.36 bits per heavy atom. The zero-order chi connectivity index (χ0) is 19.8. The van der Waals surface area contributed by atoms with Gasteiger partial charge in [0.1, 0.15) is 17.3 Å². The number of anilines is 1. The van der Waals surface area contributed by atoms with Crippen molar-refractivity contribution in [3.05, 3.63) is 89.5 Å². The van der Waals surface area contributed by atoms with Crippen LogP contribution in [0.2, 0.25) is 0 Å². The number of carbonyl (C=O) groups is 1. The molecule has 0 bridgehead atoms. The molecule has 5 nitrogen and oxygen atoms in total. The number of halogens is 1. The van der Waals surface area contributed by atoms with Crippen molar-refractivity contribution in [1.29, 1.82) is 0 Å². The average molecular weight is 379 g/mol. The number of rotatable bonds is 8. The lowest BCUT2D eigenvalue weighted by Gasteiger charge is -2.08. The number of hydrogen-bond donors (Lipinski definition) is 2. The molecule has 28 heavy (non-hydrogen) atoms. The molecule has 0 radical (unpaired) electrons. The van der Waals surface area contributed by atoms with E-state index >= 15 is 0 Å². The van der Waals surface area contributed by atoms with Gasteiger partial charge in [-0.25, -0.2) is 9.37 Å². The minimum absolute atomic E-state index is 0.269. The number of ether oxygens (including phenoxy) is 1. The van der Waals surface area contributed by atoms with E-state index < -0.39 is 0 Å². The smallest absolute Gasteiger partial charge is 0.270 e. The number of nitrogens with zero attached hydrogens (tertiary/aromatic N) is 1. The zero-order valence-corrected chi connectivity index (χ0v) is 15.6. The van der Waals surface area contributed by atoms with Crippen LogP contribution in [-0.4, -0.2) is 24.5 Å². The molecule has 0 saturated heterocycles. The van der Waals surface area contributed by atoms with Gasteiger partial charge in [0.25, 0.3) is 5.91 Å². The van der Waals surface area contributed by atoms with Crippen molar-refractivity contribution in [2.75, 3.05) is 19.0 Å². The molecule has 2 aromatic carbocycles. The van der Waals surface area contributed by atoms with Crippen molar-refractivity contribution in [2.24, 2.45) is 0 Å². The first-order valence-corrected chi connectivity index (χ1v) is 8.99. The number of hydrogen-bond acceptors (Lipinski definition) is 4. The van der Waals surface area contributed by atoms with Gasteiger partial charge in [0, 0.05) is 13.1 Å². The summed E-state index contributed by atoms with van der Waals surface area (Å²) in [5.74, 6) is 0.273. The van der Waals surface area contributed by atoms with E-state index in [1.165, 1.54) is 17.7 Å². The Morgan fingerprint density at radius 1 is 1.00 bits per heavy atom. The minimum Gasteiger partial charge on any atom is -0.497 e. The van der Waals surface area contributed by atoms with Gasteiger partial charge < -0.3 is 15.4 Å². The fourth-order valence-corrected chi connectivity index (χ4v) is 2.65. The monoisotopic (exact) mass is 379 g/mol. The molecule has 0 atom stereocenters. The van der Waals surface area contributed by atoms with Crippen molar-refractivity contribution in [1.82, 2.24) is 10.3 Å². The molecule has 6 heteroatoms. The van der Waals surface area contributed by atoms with Gasteiger partial charge in [-0.15, -0.1) is 0 Å². The largest absolute Gasteiger partial charge is 0.497 e. The molecule has 1 heterocycles. The number of nitrogens with one attached hydrogen (secondary N) is 2. The molecule has 0 aliphatic carbocycles. The lowest BCUT2D eigenvalue weighted by Crippen LogP contribution is -2.23. The van der Waals surface area contributed by atoms with Gasteiger partial charge in [0.15, 0.2) is 0 Å². The number of amides is 1. The Balaban J connectivity index is 1.45. The van der Waals surface area contributed by atoms with E-state index in [9.17, 15) is 9.18 Å². The van der Waals surface area contributed by atoms with Crippen molar-refractivity contribution in [3.8, 4) is 5.75 Å². The lowest BCUT2D eigenvalue weighted by atomic mass is 10.1. The lowest BCUT2D eigenvalue weighted by molar-refractivity contribution is 0.0946. The van der Waals surface area contributed by atoms with Gasteiger partial charge in [0.05, 0.1) is 19.0 Å². The summed E-state index contributed by atoms with van der Waals surface area (Å²) in [6.07, 6.45) is 2.50. The minimum atomic E-state index is -0.299. The van der Waals surface area contributed by atoms with Crippen molar-refractivity contribution >= 4 is 11.6 Å². The fourth-order valence-electron chi connectivity index (χ4n) is 2.65. The molecule has 0 aliphatic heterocycles. The number of pyridine rings is 1. The molecule has 0 unspecified atom stereocenters. The number of aromatic nitrogens is 1. The molecule has 0 saturated carbocycles. The Labute approximate surface area is 163 Å². The average Bonchev–Trinajstić information content (AvgIpc) is 2.74. The maximum atomic E-state index is 12.9. The summed E-state index contributed by atoms with van der Waals surface area (Å²) in [6.45, 7) is 1.08. The molecule has 0 spiro atoms. The van der Waals surface area contributed by atoms with Crippen LogP contribution in [0.25, 0.3) is 0 Å². The summed E-state index contributed by atoms with van der Waals surface area (Å²) in [5.41, 5.74) is 3.22. The van der Waals surface area contributed by atoms with Gasteiger partial charge in [-0.3, -0.25) is 4.79 Å². The van der Waals surface area contributed by atoms with E-state index in [0.29, 0.717) is 12.2 Å². The Morgan fingerprint density at radius 2 is 1.71 bits per heavy atom. The van der Waals surface area contributed by atoms with Gasteiger partial charge in [-0.1, -0.05) is 24.3 Å². The number of benzene rings is 2. The highest BCUT2D eigenvalue weighted by Crippen LogP contribution is 2.12. The second-order valence-electron chi connectivity index (χ2n) is 6.27. The predicted octanol–water partition coefficient (Wildman–Crippen LogP) is 3.81. The van der Waals surface area contributed by atoms with Crippen LogP contribution >= 0.6 is 0 Å². The van der Waals surface area contributed by atoms with Crippen molar-refractivity contribution in [2.45, 2.75) is 13.0 Å². The first-order chi connectivity index (χ1) is 13.6. The maximum Gasteiger partial charge on any atom is 0.270 e. The summed E-state index contributed by atoms with van der Waals surface area (Å²) in [6, 6.07) is 17.5. The number of methoxy groups -OCH3 is 1. The molecule has 0 fully saturated rings. The highest BCUT2D eigenvalue weighted by molar-refractivity contribution is 5.92. The second-order valence-corrected chi connectivity index (χ2v) is 6.27. The molecule has 3 rings (SSSR count). The van der Waals surface area contributed by atoms with E-state index in [4.69, 9.17) is 4.74 Å². The van der Waals surface area contributed by atoms with Crippen molar-refractivity contribution in [3.63, 3.8) is 0 Å². The summed E-state index contributed by atoms with van der Waals surface area (Å²) in [7, 11) is 1.65. The quantitative estimate of drug-likeness (QED) is 0.625.